The molecule has 0 saturated carbocycles. The van der Waals surface area contributed by atoms with Crippen LogP contribution in [0.25, 0.3) is 0 Å². The van der Waals surface area contributed by atoms with Crippen molar-refractivity contribution in [3.8, 4) is 0 Å². The molecule has 0 fully saturated rings. The molecule has 1 atom stereocenters. The lowest BCUT2D eigenvalue weighted by molar-refractivity contribution is 0.168. The van der Waals surface area contributed by atoms with Crippen LogP contribution >= 0.6 is 0 Å². The molecular weight excluding hydrogens is 116 g/mol. The molecule has 0 amide bonds. The molecule has 3 N–H and O–H groups in total. The van der Waals surface area contributed by atoms with Crippen molar-refractivity contribution in [2.75, 3.05) is 0 Å². The minimum atomic E-state index is -0.241. The molecule has 52 valence electrons. The van der Waals surface area contributed by atoms with Crippen molar-refractivity contribution in [2.45, 2.75) is 25.6 Å². The maximum Gasteiger partial charge on any atom is 0.0980 e. The Hall–Kier alpha value is -0.700. The molecule has 3 nitrogen and oxygen atoms in total. The van der Waals surface area contributed by atoms with Crippen molar-refractivity contribution in [3.63, 3.8) is 0 Å². The Morgan fingerprint density at radius 2 is 2.11 bits per heavy atom. The first-order chi connectivity index (χ1) is 4.29. The van der Waals surface area contributed by atoms with Crippen molar-refractivity contribution in [1.29, 1.82) is 0 Å². The van der Waals surface area contributed by atoms with Gasteiger partial charge in [0.25, 0.3) is 0 Å². The third kappa shape index (κ3) is 1.93. The molecule has 9 heavy (non-hydrogen) atoms. The highest BCUT2D eigenvalue weighted by Crippen LogP contribution is 1.97. The summed E-state index contributed by atoms with van der Waals surface area (Å²) in [7, 11) is 0. The average molecular weight is 128 g/mol. The number of aliphatic hydroxyl groups excluding tert-OH is 1. The summed E-state index contributed by atoms with van der Waals surface area (Å²) in [6.45, 7) is 1.78. The van der Waals surface area contributed by atoms with Crippen LogP contribution in [0.4, 0.5) is 0 Å². The van der Waals surface area contributed by atoms with Crippen LogP contribution in [0.3, 0.4) is 0 Å². The molecule has 0 aromatic carbocycles. The second-order valence-corrected chi connectivity index (χ2v) is 2.30. The fraction of sp³-hybridized carbons (Fsp3) is 0.667. The molecular formula is C6H12N2O. The molecule has 1 unspecified atom stereocenters. The minimum Gasteiger partial charge on any atom is -0.393 e. The van der Waals surface area contributed by atoms with Crippen molar-refractivity contribution in [3.05, 3.63) is 12.4 Å². The smallest absolute Gasteiger partial charge is 0.0980 e. The van der Waals surface area contributed by atoms with Crippen LogP contribution in [0, 0.1) is 0 Å². The summed E-state index contributed by atoms with van der Waals surface area (Å²) in [5.74, 6) is 0. The Bertz CT molecular complexity index is 104. The van der Waals surface area contributed by atoms with Gasteiger partial charge < -0.3 is 15.7 Å². The monoisotopic (exact) mass is 128 g/mol. The topological polar surface area (TPSA) is 44.3 Å². The van der Waals surface area contributed by atoms with E-state index in [1.54, 1.807) is 6.92 Å². The summed E-state index contributed by atoms with van der Waals surface area (Å²) in [5, 5.41) is 15.0. The van der Waals surface area contributed by atoms with Crippen molar-refractivity contribution < 1.29 is 5.11 Å². The molecule has 1 aliphatic heterocycles. The van der Waals surface area contributed by atoms with Gasteiger partial charge in [-0.3, -0.25) is 0 Å². The average Bonchev–Trinajstić information content (AvgIpc) is 2.15. The highest BCUT2D eigenvalue weighted by molar-refractivity contribution is 4.90. The molecule has 0 spiro atoms. The van der Waals surface area contributed by atoms with Crippen molar-refractivity contribution in [2.24, 2.45) is 0 Å². The van der Waals surface area contributed by atoms with E-state index in [4.69, 9.17) is 5.11 Å². The molecule has 0 bridgehead atoms. The van der Waals surface area contributed by atoms with Gasteiger partial charge in [-0.1, -0.05) is 0 Å². The van der Waals surface area contributed by atoms with E-state index in [0.29, 0.717) is 0 Å². The summed E-state index contributed by atoms with van der Waals surface area (Å²) in [6, 6.07) is 0. The highest BCUT2D eigenvalue weighted by atomic mass is 16.3. The summed E-state index contributed by atoms with van der Waals surface area (Å²) >= 11 is 0. The molecule has 1 rings (SSSR count). The third-order valence-corrected chi connectivity index (χ3v) is 1.25. The number of hydrogen-bond acceptors (Lipinski definition) is 3. The van der Waals surface area contributed by atoms with E-state index in [9.17, 15) is 0 Å². The Balaban J connectivity index is 2.14. The first-order valence-electron chi connectivity index (χ1n) is 3.14. The van der Waals surface area contributed by atoms with Crippen molar-refractivity contribution >= 4 is 0 Å². The Labute approximate surface area is 54.8 Å². The standard InChI is InChI=1S/C6H12N2O/c1-5(9)4-6-7-2-3-8-6/h2-3,5-9H,4H2,1H3. The lowest BCUT2D eigenvalue weighted by Crippen LogP contribution is -2.33. The Morgan fingerprint density at radius 1 is 1.56 bits per heavy atom. The van der Waals surface area contributed by atoms with Gasteiger partial charge in [-0.05, 0) is 6.92 Å². The Morgan fingerprint density at radius 3 is 2.56 bits per heavy atom. The molecule has 1 heterocycles. The van der Waals surface area contributed by atoms with E-state index in [2.05, 4.69) is 10.6 Å². The van der Waals surface area contributed by atoms with Crippen LogP contribution in [0.1, 0.15) is 13.3 Å². The van der Waals surface area contributed by atoms with Gasteiger partial charge in [-0.15, -0.1) is 0 Å². The molecule has 0 aliphatic carbocycles. The molecule has 1 aliphatic rings. The predicted octanol–water partition coefficient (Wildman–Crippen LogP) is -0.253. The van der Waals surface area contributed by atoms with Crippen LogP contribution in [0.15, 0.2) is 12.4 Å². The summed E-state index contributed by atoms with van der Waals surface area (Å²) in [5.41, 5.74) is 0. The van der Waals surface area contributed by atoms with E-state index in [0.717, 1.165) is 6.42 Å². The number of rotatable bonds is 2. The number of hydrogen-bond donors (Lipinski definition) is 3. The quantitative estimate of drug-likeness (QED) is 0.480. The molecule has 0 aromatic rings. The largest absolute Gasteiger partial charge is 0.393 e. The second kappa shape index (κ2) is 2.73. The van der Waals surface area contributed by atoms with E-state index < -0.39 is 0 Å². The van der Waals surface area contributed by atoms with Gasteiger partial charge in [0.05, 0.1) is 12.3 Å². The van der Waals surface area contributed by atoms with Crippen LogP contribution in [0.5, 0.6) is 0 Å². The number of aliphatic hydroxyl groups is 1. The first kappa shape index (κ1) is 6.42. The normalized spacial score (nSPS) is 21.1. The summed E-state index contributed by atoms with van der Waals surface area (Å²) in [4.78, 5) is 0. The lowest BCUT2D eigenvalue weighted by Gasteiger charge is -2.13. The highest BCUT2D eigenvalue weighted by Gasteiger charge is 2.09. The van der Waals surface area contributed by atoms with E-state index >= 15 is 0 Å². The van der Waals surface area contributed by atoms with Gasteiger partial charge in [0.1, 0.15) is 0 Å². The molecule has 0 radical (unpaired) electrons. The second-order valence-electron chi connectivity index (χ2n) is 2.30. The SMILES string of the molecule is CC(O)CC1NC=CN1. The van der Waals surface area contributed by atoms with Gasteiger partial charge in [-0.25, -0.2) is 0 Å². The predicted molar refractivity (Wildman–Crippen MR) is 35.5 cm³/mol. The van der Waals surface area contributed by atoms with Crippen LogP contribution in [0.2, 0.25) is 0 Å². The zero-order valence-corrected chi connectivity index (χ0v) is 5.46. The first-order valence-corrected chi connectivity index (χ1v) is 3.14. The Kier molecular flexibility index (Phi) is 1.95. The van der Waals surface area contributed by atoms with Gasteiger partial charge in [-0.2, -0.15) is 0 Å². The van der Waals surface area contributed by atoms with E-state index in [-0.39, 0.29) is 12.3 Å². The fourth-order valence-corrected chi connectivity index (χ4v) is 0.854. The van der Waals surface area contributed by atoms with Gasteiger partial charge in [0, 0.05) is 18.8 Å². The molecule has 3 heteroatoms. The van der Waals surface area contributed by atoms with E-state index in [1.165, 1.54) is 0 Å². The van der Waals surface area contributed by atoms with Crippen LogP contribution in [-0.4, -0.2) is 17.4 Å². The van der Waals surface area contributed by atoms with Gasteiger partial charge in [0.2, 0.25) is 0 Å². The molecule has 0 aromatic heterocycles. The maximum atomic E-state index is 8.91. The minimum absolute atomic E-state index is 0.227. The third-order valence-electron chi connectivity index (χ3n) is 1.25. The summed E-state index contributed by atoms with van der Waals surface area (Å²) < 4.78 is 0. The lowest BCUT2D eigenvalue weighted by atomic mass is 10.2. The summed E-state index contributed by atoms with van der Waals surface area (Å²) in [6.07, 6.45) is 4.41. The number of nitrogens with one attached hydrogen (secondary N) is 2. The van der Waals surface area contributed by atoms with Gasteiger partial charge >= 0.3 is 0 Å². The zero-order valence-electron chi connectivity index (χ0n) is 5.46. The van der Waals surface area contributed by atoms with Gasteiger partial charge in [0.15, 0.2) is 0 Å². The zero-order chi connectivity index (χ0) is 6.69. The van der Waals surface area contributed by atoms with Crippen molar-refractivity contribution in [1.82, 2.24) is 10.6 Å². The van der Waals surface area contributed by atoms with Crippen LogP contribution < -0.4 is 10.6 Å². The fourth-order valence-electron chi connectivity index (χ4n) is 0.854. The maximum absolute atomic E-state index is 8.91. The van der Waals surface area contributed by atoms with Crippen LogP contribution in [-0.2, 0) is 0 Å². The van der Waals surface area contributed by atoms with E-state index in [1.807, 2.05) is 12.4 Å². The molecule has 0 saturated heterocycles.